The van der Waals surface area contributed by atoms with Crippen LogP contribution in [0, 0.1) is 6.92 Å². The van der Waals surface area contributed by atoms with Crippen LogP contribution in [0.5, 0.6) is 5.75 Å². The van der Waals surface area contributed by atoms with Crippen molar-refractivity contribution in [3.63, 3.8) is 0 Å². The van der Waals surface area contributed by atoms with E-state index in [4.69, 9.17) is 9.84 Å². The van der Waals surface area contributed by atoms with E-state index in [1.54, 1.807) is 0 Å². The first-order chi connectivity index (χ1) is 23.0. The van der Waals surface area contributed by atoms with Crippen LogP contribution in [-0.4, -0.2) is 92.0 Å². The molecule has 5 rings (SSSR count). The predicted molar refractivity (Wildman–Crippen MR) is 183 cm³/mol. The van der Waals surface area contributed by atoms with Gasteiger partial charge in [0.2, 0.25) is 5.91 Å². The lowest BCUT2D eigenvalue weighted by Gasteiger charge is -2.28. The number of aliphatic hydroxyl groups excluding tert-OH is 5. The fraction of sp³-hybridized carbons (Fsp3) is 0.526. The molecule has 1 unspecified atom stereocenters. The number of rotatable bonds is 18. The van der Waals surface area contributed by atoms with Gasteiger partial charge in [0.15, 0.2) is 0 Å². The number of pyridine rings is 1. The Morgan fingerprint density at radius 2 is 1.77 bits per heavy atom. The second-order valence-corrected chi connectivity index (χ2v) is 13.7. The van der Waals surface area contributed by atoms with Gasteiger partial charge in [0.25, 0.3) is 0 Å². The summed E-state index contributed by atoms with van der Waals surface area (Å²) < 4.78 is 6.27. The first-order valence-electron chi connectivity index (χ1n) is 17.1. The first kappa shape index (κ1) is 35.9. The lowest BCUT2D eigenvalue weighted by Crippen LogP contribution is -2.49. The van der Waals surface area contributed by atoms with Crippen LogP contribution in [0.4, 0.5) is 0 Å². The van der Waals surface area contributed by atoms with Gasteiger partial charge >= 0.3 is 0 Å². The average molecular weight is 662 g/mol. The predicted octanol–water partition coefficient (Wildman–Crippen LogP) is 3.55. The number of ether oxygens (including phenoxy) is 1. The van der Waals surface area contributed by atoms with Crippen molar-refractivity contribution >= 4 is 5.91 Å². The van der Waals surface area contributed by atoms with Crippen LogP contribution >= 0.6 is 0 Å². The van der Waals surface area contributed by atoms with Gasteiger partial charge in [0.1, 0.15) is 30.2 Å². The van der Waals surface area contributed by atoms with E-state index >= 15 is 0 Å². The standard InChI is InChI=1S/C38H51N3O7/c1-24(7-6-10-35(45)41(3)22-32(43)36(46)37(47)33(44)23-42)26-12-11-25(2)27(19-26)20-40-38(16-17-38)31-21-39-18-15-29(31)30-8-4-5-9-34(30)48-28-13-14-28/h4-5,8-9,11-12,15,18-19,21,24,28,32-33,36-37,40,42-44,46-47H,6-7,10,13-14,16-17,20,22-23H2,1-3H3/t24?,32-,33+,36+,37+/m0/s1. The lowest BCUT2D eigenvalue weighted by molar-refractivity contribution is -0.138. The molecule has 1 heterocycles. The number of carbonyl (C=O) groups is 1. The second-order valence-electron chi connectivity index (χ2n) is 13.7. The number of aryl methyl sites for hydroxylation is 1. The van der Waals surface area contributed by atoms with Gasteiger partial charge < -0.3 is 40.5 Å². The molecule has 6 N–H and O–H groups in total. The Balaban J connectivity index is 1.16. The van der Waals surface area contributed by atoms with Crippen LogP contribution in [0.3, 0.4) is 0 Å². The number of hydrogen-bond donors (Lipinski definition) is 6. The topological polar surface area (TPSA) is 156 Å². The van der Waals surface area contributed by atoms with E-state index in [2.05, 4.69) is 66.6 Å². The Morgan fingerprint density at radius 3 is 2.48 bits per heavy atom. The molecule has 10 heteroatoms. The minimum absolute atomic E-state index is 0.142. The van der Waals surface area contributed by atoms with Crippen LogP contribution < -0.4 is 10.1 Å². The highest BCUT2D eigenvalue weighted by Crippen LogP contribution is 2.50. The van der Waals surface area contributed by atoms with Crippen LogP contribution in [0.25, 0.3) is 11.1 Å². The molecule has 0 spiro atoms. The zero-order valence-electron chi connectivity index (χ0n) is 28.3. The van der Waals surface area contributed by atoms with E-state index in [1.165, 1.54) is 34.2 Å². The van der Waals surface area contributed by atoms with Crippen LogP contribution in [0.2, 0.25) is 0 Å². The van der Waals surface area contributed by atoms with Gasteiger partial charge in [-0.3, -0.25) is 9.78 Å². The van der Waals surface area contributed by atoms with Crippen molar-refractivity contribution in [1.29, 1.82) is 0 Å². The highest BCUT2D eigenvalue weighted by molar-refractivity contribution is 5.76. The molecule has 260 valence electrons. The molecular formula is C38H51N3O7. The third-order valence-corrected chi connectivity index (χ3v) is 9.88. The van der Waals surface area contributed by atoms with E-state index in [0.717, 1.165) is 55.5 Å². The monoisotopic (exact) mass is 661 g/mol. The summed E-state index contributed by atoms with van der Waals surface area (Å²) in [6, 6.07) is 17.0. The highest BCUT2D eigenvalue weighted by Gasteiger charge is 2.46. The molecule has 0 saturated heterocycles. The molecule has 0 radical (unpaired) electrons. The molecular weight excluding hydrogens is 610 g/mol. The zero-order chi connectivity index (χ0) is 34.4. The van der Waals surface area contributed by atoms with Crippen molar-refractivity contribution < 1.29 is 35.1 Å². The fourth-order valence-corrected chi connectivity index (χ4v) is 6.26. The Morgan fingerprint density at radius 1 is 1.04 bits per heavy atom. The number of aromatic nitrogens is 1. The molecule has 2 saturated carbocycles. The average Bonchev–Trinajstić information content (AvgIpc) is 4.04. The van der Waals surface area contributed by atoms with Gasteiger partial charge in [-0.1, -0.05) is 43.3 Å². The maximum atomic E-state index is 12.7. The normalized spacial score (nSPS) is 18.4. The Bertz CT molecular complexity index is 1530. The van der Waals surface area contributed by atoms with Crippen molar-refractivity contribution in [2.45, 2.75) is 107 Å². The molecule has 2 fully saturated rings. The summed E-state index contributed by atoms with van der Waals surface area (Å²) in [5, 5.41) is 52.5. The van der Waals surface area contributed by atoms with E-state index in [-0.39, 0.29) is 30.3 Å². The van der Waals surface area contributed by atoms with E-state index in [0.29, 0.717) is 12.5 Å². The van der Waals surface area contributed by atoms with Crippen molar-refractivity contribution in [1.82, 2.24) is 15.2 Å². The molecule has 3 aromatic rings. The summed E-state index contributed by atoms with van der Waals surface area (Å²) in [4.78, 5) is 18.6. The fourth-order valence-electron chi connectivity index (χ4n) is 6.26. The van der Waals surface area contributed by atoms with Crippen LogP contribution in [-0.2, 0) is 16.9 Å². The molecule has 2 aliphatic carbocycles. The molecule has 2 aromatic carbocycles. The molecule has 10 nitrogen and oxygen atoms in total. The largest absolute Gasteiger partial charge is 0.490 e. The summed E-state index contributed by atoms with van der Waals surface area (Å²) >= 11 is 0. The number of benzene rings is 2. The van der Waals surface area contributed by atoms with Gasteiger partial charge in [0, 0.05) is 50.1 Å². The summed E-state index contributed by atoms with van der Waals surface area (Å²) in [5.41, 5.74) is 7.01. The number of hydrogen-bond acceptors (Lipinski definition) is 9. The summed E-state index contributed by atoms with van der Waals surface area (Å²) in [5.74, 6) is 0.971. The van der Waals surface area contributed by atoms with Gasteiger partial charge in [-0.05, 0) is 91.3 Å². The number of likely N-dealkylation sites (N-methyl/N-ethyl adjacent to an activating group) is 1. The Hall–Kier alpha value is -3.38. The van der Waals surface area contributed by atoms with Gasteiger partial charge in [-0.15, -0.1) is 0 Å². The Labute approximate surface area is 283 Å². The molecule has 2 aliphatic rings. The minimum atomic E-state index is -1.72. The number of amides is 1. The summed E-state index contributed by atoms with van der Waals surface area (Å²) in [6.45, 7) is 4.06. The van der Waals surface area contributed by atoms with Crippen molar-refractivity contribution in [3.8, 4) is 16.9 Å². The van der Waals surface area contributed by atoms with Crippen molar-refractivity contribution in [3.05, 3.63) is 83.2 Å². The zero-order valence-corrected chi connectivity index (χ0v) is 28.3. The Kier molecular flexibility index (Phi) is 11.9. The number of nitrogens with zero attached hydrogens (tertiary/aromatic N) is 2. The van der Waals surface area contributed by atoms with E-state index in [9.17, 15) is 25.2 Å². The number of aliphatic hydroxyl groups is 5. The maximum absolute atomic E-state index is 12.7. The molecule has 0 bridgehead atoms. The number of nitrogens with one attached hydrogen (secondary N) is 1. The van der Waals surface area contributed by atoms with Crippen molar-refractivity contribution in [2.24, 2.45) is 0 Å². The SMILES string of the molecule is Cc1ccc(C(C)CCCC(=O)N(C)C[C@H](O)[C@@H](O)[C@H](O)[C@H](O)CO)cc1CNC1(c2cnccc2-c2ccccc2OC2CC2)CC1. The van der Waals surface area contributed by atoms with Crippen LogP contribution in [0.1, 0.15) is 80.0 Å². The van der Waals surface area contributed by atoms with Gasteiger partial charge in [-0.2, -0.15) is 0 Å². The molecule has 1 amide bonds. The van der Waals surface area contributed by atoms with Gasteiger partial charge in [0.05, 0.1) is 12.7 Å². The summed E-state index contributed by atoms with van der Waals surface area (Å²) in [6.07, 6.45) is 3.72. The lowest BCUT2D eigenvalue weighted by atomic mass is 9.91. The highest BCUT2D eigenvalue weighted by atomic mass is 16.5. The smallest absolute Gasteiger partial charge is 0.222 e. The van der Waals surface area contributed by atoms with E-state index in [1.807, 2.05) is 18.5 Å². The summed E-state index contributed by atoms with van der Waals surface area (Å²) in [7, 11) is 1.53. The number of para-hydroxylation sites is 1. The molecule has 5 atom stereocenters. The number of carbonyl (C=O) groups excluding carboxylic acids is 1. The first-order valence-corrected chi connectivity index (χ1v) is 17.1. The molecule has 1 aromatic heterocycles. The third kappa shape index (κ3) is 8.80. The quantitative estimate of drug-likeness (QED) is 0.120. The van der Waals surface area contributed by atoms with Crippen LogP contribution in [0.15, 0.2) is 60.9 Å². The minimum Gasteiger partial charge on any atom is -0.490 e. The van der Waals surface area contributed by atoms with E-state index < -0.39 is 31.0 Å². The second kappa shape index (κ2) is 15.9. The molecule has 0 aliphatic heterocycles. The molecule has 48 heavy (non-hydrogen) atoms. The van der Waals surface area contributed by atoms with Gasteiger partial charge in [-0.25, -0.2) is 0 Å². The maximum Gasteiger partial charge on any atom is 0.222 e. The third-order valence-electron chi connectivity index (χ3n) is 9.88. The van der Waals surface area contributed by atoms with Crippen molar-refractivity contribution in [2.75, 3.05) is 20.2 Å².